The second-order valence-corrected chi connectivity index (χ2v) is 2.91. The van der Waals surface area contributed by atoms with Gasteiger partial charge in [0.05, 0.1) is 12.5 Å². The van der Waals surface area contributed by atoms with Gasteiger partial charge < -0.3 is 0 Å². The molecular formula is C9H5F5N2. The fourth-order valence-corrected chi connectivity index (χ4v) is 1.12. The summed E-state index contributed by atoms with van der Waals surface area (Å²) in [5.41, 5.74) is -2.45. The molecule has 0 bridgehead atoms. The Bertz CT molecular complexity index is 419. The molecule has 1 aromatic rings. The topological polar surface area (TPSA) is 36.7 Å². The summed E-state index contributed by atoms with van der Waals surface area (Å²) in [6.45, 7) is 0. The minimum absolute atomic E-state index is 0.467. The first-order valence-electron chi connectivity index (χ1n) is 4.07. The number of nitrogens with zero attached hydrogens (tertiary/aromatic N) is 2. The number of nitriles is 1. The summed E-state index contributed by atoms with van der Waals surface area (Å²) in [7, 11) is 0. The molecule has 0 saturated heterocycles. The number of hydrogen-bond acceptors (Lipinski definition) is 2. The van der Waals surface area contributed by atoms with Crippen LogP contribution in [0.25, 0.3) is 0 Å². The zero-order valence-corrected chi connectivity index (χ0v) is 7.72. The van der Waals surface area contributed by atoms with Crippen molar-refractivity contribution in [3.05, 3.63) is 29.1 Å². The summed E-state index contributed by atoms with van der Waals surface area (Å²) in [6.07, 6.45) is -7.80. The Morgan fingerprint density at radius 1 is 1.38 bits per heavy atom. The van der Waals surface area contributed by atoms with Crippen LogP contribution in [-0.4, -0.2) is 4.98 Å². The van der Waals surface area contributed by atoms with Crippen molar-refractivity contribution in [3.8, 4) is 6.07 Å². The van der Waals surface area contributed by atoms with Gasteiger partial charge in [0, 0.05) is 11.8 Å². The minimum Gasteiger partial charge on any atom is -0.251 e. The molecule has 1 heterocycles. The lowest BCUT2D eigenvalue weighted by molar-refractivity contribution is -0.141. The normalized spacial score (nSPS) is 11.6. The van der Waals surface area contributed by atoms with Crippen LogP contribution in [0, 0.1) is 11.3 Å². The van der Waals surface area contributed by atoms with E-state index in [1.807, 2.05) is 0 Å². The fourth-order valence-electron chi connectivity index (χ4n) is 1.12. The number of rotatable bonds is 2. The zero-order valence-electron chi connectivity index (χ0n) is 7.72. The molecule has 1 aromatic heterocycles. The maximum absolute atomic E-state index is 12.3. The highest BCUT2D eigenvalue weighted by atomic mass is 19.4. The van der Waals surface area contributed by atoms with E-state index in [0.29, 0.717) is 12.3 Å². The lowest BCUT2D eigenvalue weighted by atomic mass is 10.1. The number of hydrogen-bond donors (Lipinski definition) is 0. The Labute approximate surface area is 87.3 Å². The SMILES string of the molecule is N#CCc1cc(C(F)F)cnc1C(F)(F)F. The van der Waals surface area contributed by atoms with Gasteiger partial charge in [0.15, 0.2) is 0 Å². The van der Waals surface area contributed by atoms with Gasteiger partial charge in [-0.1, -0.05) is 0 Å². The van der Waals surface area contributed by atoms with E-state index in [1.54, 1.807) is 0 Å². The van der Waals surface area contributed by atoms with E-state index in [9.17, 15) is 22.0 Å². The van der Waals surface area contributed by atoms with E-state index < -0.39 is 35.8 Å². The second kappa shape index (κ2) is 4.43. The van der Waals surface area contributed by atoms with Gasteiger partial charge in [-0.05, 0) is 11.6 Å². The van der Waals surface area contributed by atoms with Crippen molar-refractivity contribution in [1.29, 1.82) is 5.26 Å². The Balaban J connectivity index is 3.26. The maximum atomic E-state index is 12.3. The molecule has 0 saturated carbocycles. The van der Waals surface area contributed by atoms with Gasteiger partial charge in [-0.3, -0.25) is 4.98 Å². The first-order valence-corrected chi connectivity index (χ1v) is 4.07. The summed E-state index contributed by atoms with van der Waals surface area (Å²) < 4.78 is 61.5. The van der Waals surface area contributed by atoms with Gasteiger partial charge in [0.25, 0.3) is 6.43 Å². The third-order valence-corrected chi connectivity index (χ3v) is 1.78. The molecule has 0 aliphatic rings. The van der Waals surface area contributed by atoms with Gasteiger partial charge in [-0.25, -0.2) is 8.78 Å². The highest BCUT2D eigenvalue weighted by molar-refractivity contribution is 5.30. The quantitative estimate of drug-likeness (QED) is 0.740. The Morgan fingerprint density at radius 3 is 2.44 bits per heavy atom. The molecule has 7 heteroatoms. The van der Waals surface area contributed by atoms with Crippen molar-refractivity contribution in [3.63, 3.8) is 0 Å². The van der Waals surface area contributed by atoms with E-state index in [2.05, 4.69) is 4.98 Å². The highest BCUT2D eigenvalue weighted by Gasteiger charge is 2.35. The van der Waals surface area contributed by atoms with E-state index in [4.69, 9.17) is 5.26 Å². The van der Waals surface area contributed by atoms with Crippen molar-refractivity contribution in [2.75, 3.05) is 0 Å². The number of aromatic nitrogens is 1. The van der Waals surface area contributed by atoms with Crippen LogP contribution >= 0.6 is 0 Å². The molecule has 16 heavy (non-hydrogen) atoms. The Morgan fingerprint density at radius 2 is 2.00 bits per heavy atom. The molecule has 0 aliphatic carbocycles. The van der Waals surface area contributed by atoms with Crippen molar-refractivity contribution in [2.45, 2.75) is 19.0 Å². The lowest BCUT2D eigenvalue weighted by Crippen LogP contribution is -2.12. The molecule has 1 rings (SSSR count). The third kappa shape index (κ3) is 2.66. The van der Waals surface area contributed by atoms with Crippen LogP contribution in [0.4, 0.5) is 22.0 Å². The molecule has 0 unspecified atom stereocenters. The van der Waals surface area contributed by atoms with Crippen LogP contribution < -0.4 is 0 Å². The van der Waals surface area contributed by atoms with E-state index in [0.717, 1.165) is 0 Å². The molecule has 0 radical (unpaired) electrons. The minimum atomic E-state index is -4.74. The van der Waals surface area contributed by atoms with Crippen molar-refractivity contribution in [1.82, 2.24) is 4.98 Å². The largest absolute Gasteiger partial charge is 0.433 e. The predicted octanol–water partition coefficient (Wildman–Crippen LogP) is 3.10. The summed E-state index contributed by atoms with van der Waals surface area (Å²) in [4.78, 5) is 2.93. The lowest BCUT2D eigenvalue weighted by Gasteiger charge is -2.10. The molecule has 0 aliphatic heterocycles. The molecule has 0 amide bonds. The number of halogens is 5. The average Bonchev–Trinajstić information content (AvgIpc) is 2.16. The van der Waals surface area contributed by atoms with Gasteiger partial charge >= 0.3 is 6.18 Å². The third-order valence-electron chi connectivity index (χ3n) is 1.78. The highest BCUT2D eigenvalue weighted by Crippen LogP contribution is 2.32. The summed E-state index contributed by atoms with van der Waals surface area (Å²) in [6, 6.07) is 2.13. The molecule has 0 fully saturated rings. The van der Waals surface area contributed by atoms with E-state index in [1.165, 1.54) is 6.07 Å². The standard InChI is InChI=1S/C9H5F5N2/c10-8(11)6-3-5(1-2-15)7(16-4-6)9(12,13)14/h3-4,8H,1H2. The molecule has 86 valence electrons. The summed E-state index contributed by atoms with van der Waals surface area (Å²) >= 11 is 0. The van der Waals surface area contributed by atoms with Crippen LogP contribution in [0.5, 0.6) is 0 Å². The smallest absolute Gasteiger partial charge is 0.251 e. The van der Waals surface area contributed by atoms with Crippen LogP contribution in [0.3, 0.4) is 0 Å². The van der Waals surface area contributed by atoms with Crippen molar-refractivity contribution in [2.24, 2.45) is 0 Å². The predicted molar refractivity (Wildman–Crippen MR) is 43.5 cm³/mol. The van der Waals surface area contributed by atoms with Gasteiger partial charge in [0.2, 0.25) is 0 Å². The Kier molecular flexibility index (Phi) is 3.42. The molecule has 0 atom stereocenters. The second-order valence-electron chi connectivity index (χ2n) is 2.91. The maximum Gasteiger partial charge on any atom is 0.433 e. The molecule has 2 nitrogen and oxygen atoms in total. The first-order chi connectivity index (χ1) is 7.36. The fraction of sp³-hybridized carbons (Fsp3) is 0.333. The van der Waals surface area contributed by atoms with Crippen molar-refractivity contribution >= 4 is 0 Å². The van der Waals surface area contributed by atoms with Crippen LogP contribution in [0.2, 0.25) is 0 Å². The van der Waals surface area contributed by atoms with Gasteiger partial charge in [-0.2, -0.15) is 18.4 Å². The molecule has 0 N–H and O–H groups in total. The van der Waals surface area contributed by atoms with Crippen molar-refractivity contribution < 1.29 is 22.0 Å². The van der Waals surface area contributed by atoms with Crippen LogP contribution in [0.1, 0.15) is 23.2 Å². The van der Waals surface area contributed by atoms with Crippen LogP contribution in [-0.2, 0) is 12.6 Å². The summed E-state index contributed by atoms with van der Waals surface area (Å²) in [5, 5.41) is 8.31. The Hall–Kier alpha value is -1.71. The number of alkyl halides is 5. The zero-order chi connectivity index (χ0) is 12.3. The molecule has 0 spiro atoms. The summed E-state index contributed by atoms with van der Waals surface area (Å²) in [5.74, 6) is 0. The van der Waals surface area contributed by atoms with E-state index in [-0.39, 0.29) is 0 Å². The molecule has 0 aromatic carbocycles. The first kappa shape index (κ1) is 12.4. The molecular weight excluding hydrogens is 231 g/mol. The van der Waals surface area contributed by atoms with Gasteiger partial charge in [0.1, 0.15) is 5.69 Å². The number of pyridine rings is 1. The monoisotopic (exact) mass is 236 g/mol. The van der Waals surface area contributed by atoms with Crippen LogP contribution in [0.15, 0.2) is 12.3 Å². The average molecular weight is 236 g/mol. The van der Waals surface area contributed by atoms with E-state index >= 15 is 0 Å². The van der Waals surface area contributed by atoms with Gasteiger partial charge in [-0.15, -0.1) is 0 Å².